The first-order valence-electron chi connectivity index (χ1n) is 9.09. The van der Waals surface area contributed by atoms with E-state index in [9.17, 15) is 22.4 Å². The molecule has 4 aromatic rings. The number of carbonyl (C=O) groups excluding carboxylic acids is 1. The highest BCUT2D eigenvalue weighted by Gasteiger charge is 2.55. The van der Waals surface area contributed by atoms with Gasteiger partial charge in [-0.3, -0.25) is 9.89 Å². The molecule has 1 aliphatic carbocycles. The van der Waals surface area contributed by atoms with Crippen LogP contribution in [0, 0.1) is 30.4 Å². The molecule has 2 aromatic carbocycles. The second-order valence-electron chi connectivity index (χ2n) is 7.62. The molecule has 2 heterocycles. The zero-order valence-corrected chi connectivity index (χ0v) is 16.6. The molecular weight excluding hydrogens is 420 g/mol. The monoisotopic (exact) mass is 434 g/mol. The smallest absolute Gasteiger partial charge is 0.240 e. The van der Waals surface area contributed by atoms with Gasteiger partial charge in [-0.25, -0.2) is 18.2 Å². The number of halogens is 4. The van der Waals surface area contributed by atoms with E-state index in [1.165, 1.54) is 13.8 Å². The van der Waals surface area contributed by atoms with Crippen molar-refractivity contribution in [1.29, 1.82) is 0 Å². The maximum atomic E-state index is 14.4. The molecule has 30 heavy (non-hydrogen) atoms. The number of H-pyrrole nitrogens is 1. The van der Waals surface area contributed by atoms with Gasteiger partial charge in [0.05, 0.1) is 21.5 Å². The Morgan fingerprint density at radius 3 is 2.73 bits per heavy atom. The van der Waals surface area contributed by atoms with Gasteiger partial charge in [0.2, 0.25) is 11.9 Å². The van der Waals surface area contributed by atoms with Crippen molar-refractivity contribution in [3.63, 3.8) is 0 Å². The zero-order chi connectivity index (χ0) is 21.4. The third-order valence-electron chi connectivity index (χ3n) is 5.48. The van der Waals surface area contributed by atoms with Crippen LogP contribution in [-0.2, 0) is 4.79 Å². The normalized spacial score (nSPS) is 20.8. The summed E-state index contributed by atoms with van der Waals surface area (Å²) in [6.45, 7) is 2.74. The van der Waals surface area contributed by atoms with Gasteiger partial charge in [0, 0.05) is 5.56 Å². The molecule has 2 atom stereocenters. The van der Waals surface area contributed by atoms with E-state index in [1.807, 2.05) is 0 Å². The maximum Gasteiger partial charge on any atom is 0.240 e. The van der Waals surface area contributed by atoms with E-state index >= 15 is 0 Å². The van der Waals surface area contributed by atoms with E-state index in [1.54, 1.807) is 18.2 Å². The Kier molecular flexibility index (Phi) is 3.95. The first-order valence-corrected chi connectivity index (χ1v) is 9.91. The molecule has 1 aliphatic rings. The average molecular weight is 434 g/mol. The van der Waals surface area contributed by atoms with Crippen molar-refractivity contribution in [3.8, 4) is 11.1 Å². The van der Waals surface area contributed by atoms with Gasteiger partial charge in [0.1, 0.15) is 11.2 Å². The van der Waals surface area contributed by atoms with Crippen LogP contribution >= 0.6 is 11.3 Å². The first-order chi connectivity index (χ1) is 14.2. The molecule has 0 aliphatic heterocycles. The third kappa shape index (κ3) is 2.78. The summed E-state index contributed by atoms with van der Waals surface area (Å²) in [4.78, 5) is 16.4. The van der Waals surface area contributed by atoms with Crippen molar-refractivity contribution in [2.75, 3.05) is 5.32 Å². The van der Waals surface area contributed by atoms with E-state index < -0.39 is 35.1 Å². The minimum atomic E-state index is -1.49. The molecule has 0 spiro atoms. The minimum absolute atomic E-state index is 0.0475. The fourth-order valence-electron chi connectivity index (χ4n) is 3.67. The lowest BCUT2D eigenvalue weighted by molar-refractivity contribution is -0.118. The second-order valence-corrected chi connectivity index (χ2v) is 8.65. The van der Waals surface area contributed by atoms with Gasteiger partial charge in [-0.2, -0.15) is 4.39 Å². The number of rotatable bonds is 3. The summed E-state index contributed by atoms with van der Waals surface area (Å²) in [5, 5.41) is 8.34. The molecule has 1 saturated carbocycles. The number of carbonyl (C=O) groups is 1. The lowest BCUT2D eigenvalue weighted by Crippen LogP contribution is -2.17. The van der Waals surface area contributed by atoms with Gasteiger partial charge in [0.25, 0.3) is 0 Å². The number of hydrogen-bond donors (Lipinski definition) is 2. The van der Waals surface area contributed by atoms with Crippen molar-refractivity contribution in [1.82, 2.24) is 15.2 Å². The SMILES string of the molecule is Cc1c(F)c(F)c2[nH]nc(F)c2c1-c1ccc2nc(NC(=O)[C@@H]3C[C@]3(C)F)sc2c1. The van der Waals surface area contributed by atoms with Crippen LogP contribution in [0.15, 0.2) is 18.2 Å². The van der Waals surface area contributed by atoms with Gasteiger partial charge >= 0.3 is 0 Å². The number of aromatic amines is 1. The highest BCUT2D eigenvalue weighted by Crippen LogP contribution is 2.47. The number of amides is 1. The van der Waals surface area contributed by atoms with Crippen LogP contribution < -0.4 is 5.32 Å². The highest BCUT2D eigenvalue weighted by atomic mass is 32.1. The number of thiazole rings is 1. The molecular formula is C20H14F4N4OS. The quantitative estimate of drug-likeness (QED) is 0.433. The molecule has 5 nitrogen and oxygen atoms in total. The lowest BCUT2D eigenvalue weighted by atomic mass is 9.96. The summed E-state index contributed by atoms with van der Waals surface area (Å²) >= 11 is 1.15. The van der Waals surface area contributed by atoms with E-state index in [-0.39, 0.29) is 28.5 Å². The van der Waals surface area contributed by atoms with Gasteiger partial charge in [-0.1, -0.05) is 17.4 Å². The molecule has 10 heteroatoms. The molecule has 0 unspecified atom stereocenters. The third-order valence-corrected chi connectivity index (χ3v) is 6.42. The minimum Gasteiger partial charge on any atom is -0.302 e. The van der Waals surface area contributed by atoms with Crippen LogP contribution in [0.5, 0.6) is 0 Å². The summed E-state index contributed by atoms with van der Waals surface area (Å²) in [6, 6.07) is 4.90. The maximum absolute atomic E-state index is 14.4. The fourth-order valence-corrected chi connectivity index (χ4v) is 4.58. The molecule has 0 bridgehead atoms. The fraction of sp³-hybridized carbons (Fsp3) is 0.250. The Morgan fingerprint density at radius 1 is 1.30 bits per heavy atom. The largest absolute Gasteiger partial charge is 0.302 e. The van der Waals surface area contributed by atoms with Crippen LogP contribution in [0.3, 0.4) is 0 Å². The Balaban J connectivity index is 1.58. The number of nitrogens with one attached hydrogen (secondary N) is 2. The molecule has 2 aromatic heterocycles. The van der Waals surface area contributed by atoms with Crippen molar-refractivity contribution >= 4 is 43.5 Å². The lowest BCUT2D eigenvalue weighted by Gasteiger charge is -2.10. The van der Waals surface area contributed by atoms with Gasteiger partial charge in [-0.05, 0) is 43.5 Å². The van der Waals surface area contributed by atoms with Crippen LogP contribution in [0.25, 0.3) is 32.2 Å². The molecule has 1 amide bonds. The summed E-state index contributed by atoms with van der Waals surface area (Å²) in [5.74, 6) is -4.33. The summed E-state index contributed by atoms with van der Waals surface area (Å²) in [5.41, 5.74) is -0.693. The summed E-state index contributed by atoms with van der Waals surface area (Å²) < 4.78 is 57.2. The highest BCUT2D eigenvalue weighted by molar-refractivity contribution is 7.22. The Hall–Kier alpha value is -3.01. The summed E-state index contributed by atoms with van der Waals surface area (Å²) in [7, 11) is 0. The van der Waals surface area contributed by atoms with Crippen molar-refractivity contribution in [3.05, 3.63) is 41.3 Å². The van der Waals surface area contributed by atoms with E-state index in [0.717, 1.165) is 11.3 Å². The van der Waals surface area contributed by atoms with Crippen LogP contribution in [0.4, 0.5) is 22.7 Å². The first kappa shape index (κ1) is 19.0. The van der Waals surface area contributed by atoms with Gasteiger partial charge < -0.3 is 5.32 Å². The number of benzene rings is 2. The number of aromatic nitrogens is 3. The van der Waals surface area contributed by atoms with Crippen LogP contribution in [0.2, 0.25) is 0 Å². The molecule has 1 fully saturated rings. The van der Waals surface area contributed by atoms with Gasteiger partial charge in [0.15, 0.2) is 16.8 Å². The molecule has 0 saturated heterocycles. The van der Waals surface area contributed by atoms with Crippen LogP contribution in [-0.4, -0.2) is 26.8 Å². The molecule has 154 valence electrons. The van der Waals surface area contributed by atoms with E-state index in [0.29, 0.717) is 20.9 Å². The van der Waals surface area contributed by atoms with Crippen molar-refractivity contribution < 1.29 is 22.4 Å². The molecule has 2 N–H and O–H groups in total. The topological polar surface area (TPSA) is 70.7 Å². The van der Waals surface area contributed by atoms with Crippen LogP contribution in [0.1, 0.15) is 18.9 Å². The van der Waals surface area contributed by atoms with Crippen molar-refractivity contribution in [2.24, 2.45) is 5.92 Å². The number of nitrogens with zero attached hydrogens (tertiary/aromatic N) is 2. The molecule has 5 rings (SSSR count). The zero-order valence-electron chi connectivity index (χ0n) is 15.7. The van der Waals surface area contributed by atoms with Gasteiger partial charge in [-0.15, -0.1) is 5.10 Å². The average Bonchev–Trinajstić information content (AvgIpc) is 3.00. The number of fused-ring (bicyclic) bond motifs is 2. The Labute approximate surface area is 171 Å². The second kappa shape index (κ2) is 6.24. The standard InChI is InChI=1S/C20H14F4N4OS/c1-7-12(13-16(15(22)14(7)21)27-28-17(13)23)8-3-4-10-11(5-8)30-19(25-10)26-18(29)9-6-20(9,2)24/h3-5,9H,6H2,1-2H3,(H,27,28)(H,25,26,29)/t9-,20-/m0/s1. The number of hydrogen-bond acceptors (Lipinski definition) is 4. The molecule has 0 radical (unpaired) electrons. The Morgan fingerprint density at radius 2 is 2.03 bits per heavy atom. The predicted octanol–water partition coefficient (Wildman–Crippen LogP) is 5.25. The Bertz CT molecular complexity index is 1360. The van der Waals surface area contributed by atoms with E-state index in [4.69, 9.17) is 0 Å². The number of anilines is 1. The predicted molar refractivity (Wildman–Crippen MR) is 106 cm³/mol. The summed E-state index contributed by atoms with van der Waals surface area (Å²) in [6.07, 6.45) is 0.176. The van der Waals surface area contributed by atoms with E-state index in [2.05, 4.69) is 20.5 Å². The number of alkyl halides is 1. The van der Waals surface area contributed by atoms with Crippen molar-refractivity contribution in [2.45, 2.75) is 25.9 Å².